The van der Waals surface area contributed by atoms with Gasteiger partial charge in [-0.1, -0.05) is 11.6 Å². The van der Waals surface area contributed by atoms with E-state index in [1.807, 2.05) is 0 Å². The van der Waals surface area contributed by atoms with E-state index in [-0.39, 0.29) is 17.1 Å². The van der Waals surface area contributed by atoms with Gasteiger partial charge in [0.05, 0.1) is 11.0 Å². The van der Waals surface area contributed by atoms with Crippen molar-refractivity contribution < 1.29 is 23.9 Å². The molecule has 0 spiro atoms. The van der Waals surface area contributed by atoms with Crippen molar-refractivity contribution in [3.8, 4) is 17.2 Å². The van der Waals surface area contributed by atoms with Crippen LogP contribution in [0.2, 0.25) is 5.02 Å². The first-order chi connectivity index (χ1) is 12.8. The summed E-state index contributed by atoms with van der Waals surface area (Å²) < 4.78 is 16.4. The molecule has 0 radical (unpaired) electrons. The van der Waals surface area contributed by atoms with Crippen LogP contribution < -0.4 is 19.5 Å². The van der Waals surface area contributed by atoms with E-state index < -0.39 is 16.9 Å². The number of halogens is 1. The highest BCUT2D eigenvalue weighted by atomic mass is 35.5. The van der Waals surface area contributed by atoms with Gasteiger partial charge in [0.1, 0.15) is 24.7 Å². The molecule has 1 aliphatic rings. The van der Waals surface area contributed by atoms with Crippen molar-refractivity contribution in [2.75, 3.05) is 18.5 Å². The van der Waals surface area contributed by atoms with Gasteiger partial charge in [-0.05, 0) is 37.6 Å². The Morgan fingerprint density at radius 3 is 2.56 bits per heavy atom. The summed E-state index contributed by atoms with van der Waals surface area (Å²) in [6.07, 6.45) is -0.891. The Morgan fingerprint density at radius 1 is 1.26 bits per heavy atom. The molecular weight excluding hydrogens is 376 g/mol. The van der Waals surface area contributed by atoms with Crippen molar-refractivity contribution >= 4 is 28.9 Å². The minimum atomic E-state index is -0.891. The first-order valence-corrected chi connectivity index (χ1v) is 8.54. The number of anilines is 1. The lowest BCUT2D eigenvalue weighted by Crippen LogP contribution is -2.30. The van der Waals surface area contributed by atoms with Crippen molar-refractivity contribution in [3.63, 3.8) is 0 Å². The van der Waals surface area contributed by atoms with Crippen LogP contribution in [0.4, 0.5) is 11.4 Å². The van der Waals surface area contributed by atoms with Gasteiger partial charge in [-0.15, -0.1) is 0 Å². The zero-order chi connectivity index (χ0) is 19.6. The molecule has 1 atom stereocenters. The van der Waals surface area contributed by atoms with Crippen molar-refractivity contribution in [1.29, 1.82) is 0 Å². The van der Waals surface area contributed by atoms with Crippen molar-refractivity contribution in [3.05, 3.63) is 51.0 Å². The normalized spacial score (nSPS) is 13.6. The molecule has 0 bridgehead atoms. The molecule has 0 saturated heterocycles. The smallest absolute Gasteiger partial charge is 0.296 e. The van der Waals surface area contributed by atoms with Crippen LogP contribution in [0.25, 0.3) is 0 Å². The summed E-state index contributed by atoms with van der Waals surface area (Å²) in [7, 11) is 0. The van der Waals surface area contributed by atoms with Gasteiger partial charge < -0.3 is 19.5 Å². The zero-order valence-electron chi connectivity index (χ0n) is 14.7. The Kier molecular flexibility index (Phi) is 5.36. The third kappa shape index (κ3) is 4.22. The number of hydrogen-bond donors (Lipinski definition) is 1. The Morgan fingerprint density at radius 2 is 1.93 bits per heavy atom. The van der Waals surface area contributed by atoms with Crippen LogP contribution in [0.3, 0.4) is 0 Å². The van der Waals surface area contributed by atoms with Gasteiger partial charge in [-0.2, -0.15) is 0 Å². The van der Waals surface area contributed by atoms with Crippen LogP contribution in [0, 0.1) is 17.0 Å². The minimum Gasteiger partial charge on any atom is -0.486 e. The number of fused-ring (bicyclic) bond motifs is 1. The standard InChI is InChI=1S/C18H17ClN2O6/c1-10-7-12(19)3-4-15(10)27-11(2)18(22)20-13-8-16-17(26-6-5-25-16)9-14(13)21(23)24/h3-4,7-9,11H,5-6H2,1-2H3,(H,20,22)/t11-/m0/s1. The van der Waals surface area contributed by atoms with E-state index in [0.717, 1.165) is 5.56 Å². The van der Waals surface area contributed by atoms with Crippen LogP contribution >= 0.6 is 11.6 Å². The summed E-state index contributed by atoms with van der Waals surface area (Å²) in [5.41, 5.74) is 0.493. The molecule has 0 unspecified atom stereocenters. The second-order valence-electron chi connectivity index (χ2n) is 5.93. The average Bonchev–Trinajstić information content (AvgIpc) is 2.63. The molecule has 1 aliphatic heterocycles. The van der Waals surface area contributed by atoms with E-state index in [4.69, 9.17) is 25.8 Å². The number of nitrogens with zero attached hydrogens (tertiary/aromatic N) is 1. The molecule has 1 amide bonds. The SMILES string of the molecule is Cc1cc(Cl)ccc1O[C@@H](C)C(=O)Nc1cc2c(cc1[N+](=O)[O-])OCCO2. The third-order valence-corrected chi connectivity index (χ3v) is 4.16. The fourth-order valence-corrected chi connectivity index (χ4v) is 2.78. The monoisotopic (exact) mass is 392 g/mol. The number of nitrogens with one attached hydrogen (secondary N) is 1. The average molecular weight is 393 g/mol. The lowest BCUT2D eigenvalue weighted by molar-refractivity contribution is -0.384. The summed E-state index contributed by atoms with van der Waals surface area (Å²) in [5, 5.41) is 14.4. The molecule has 8 nitrogen and oxygen atoms in total. The molecule has 0 aliphatic carbocycles. The molecule has 142 valence electrons. The van der Waals surface area contributed by atoms with E-state index >= 15 is 0 Å². The summed E-state index contributed by atoms with van der Waals surface area (Å²) in [5.74, 6) is 0.569. The van der Waals surface area contributed by atoms with Crippen molar-refractivity contribution in [2.24, 2.45) is 0 Å². The number of hydrogen-bond acceptors (Lipinski definition) is 6. The maximum atomic E-state index is 12.5. The van der Waals surface area contributed by atoms with Crippen LogP contribution in [-0.4, -0.2) is 30.1 Å². The quantitative estimate of drug-likeness (QED) is 0.614. The molecule has 0 fully saturated rings. The fraction of sp³-hybridized carbons (Fsp3) is 0.278. The number of benzene rings is 2. The molecule has 0 aromatic heterocycles. The number of nitro benzene ring substituents is 1. The van der Waals surface area contributed by atoms with Crippen LogP contribution in [0.15, 0.2) is 30.3 Å². The molecular formula is C18H17ClN2O6. The fourth-order valence-electron chi connectivity index (χ4n) is 2.55. The second kappa shape index (κ2) is 7.71. The highest BCUT2D eigenvalue weighted by Gasteiger charge is 2.25. The summed E-state index contributed by atoms with van der Waals surface area (Å²) in [4.78, 5) is 23.2. The van der Waals surface area contributed by atoms with E-state index in [1.165, 1.54) is 12.1 Å². The van der Waals surface area contributed by atoms with Crippen LogP contribution in [-0.2, 0) is 4.79 Å². The molecule has 1 heterocycles. The second-order valence-corrected chi connectivity index (χ2v) is 6.37. The molecule has 0 saturated carbocycles. The van der Waals surface area contributed by atoms with Crippen molar-refractivity contribution in [2.45, 2.75) is 20.0 Å². The summed E-state index contributed by atoms with van der Waals surface area (Å²) in [6.45, 7) is 3.99. The topological polar surface area (TPSA) is 99.9 Å². The summed E-state index contributed by atoms with van der Waals surface area (Å²) >= 11 is 5.91. The van der Waals surface area contributed by atoms with Gasteiger partial charge in [-0.25, -0.2) is 0 Å². The van der Waals surface area contributed by atoms with Gasteiger partial charge in [0.25, 0.3) is 11.6 Å². The Balaban J connectivity index is 1.79. The first-order valence-electron chi connectivity index (χ1n) is 8.17. The molecule has 3 rings (SSSR count). The highest BCUT2D eigenvalue weighted by Crippen LogP contribution is 2.39. The largest absolute Gasteiger partial charge is 0.486 e. The highest BCUT2D eigenvalue weighted by molar-refractivity contribution is 6.30. The maximum absolute atomic E-state index is 12.5. The molecule has 2 aromatic rings. The zero-order valence-corrected chi connectivity index (χ0v) is 15.4. The third-order valence-electron chi connectivity index (χ3n) is 3.93. The number of carbonyl (C=O) groups excluding carboxylic acids is 1. The van der Waals surface area contributed by atoms with Gasteiger partial charge in [0.15, 0.2) is 17.6 Å². The lowest BCUT2D eigenvalue weighted by Gasteiger charge is -2.20. The Labute approximate surface area is 160 Å². The van der Waals surface area contributed by atoms with Crippen LogP contribution in [0.1, 0.15) is 12.5 Å². The summed E-state index contributed by atoms with van der Waals surface area (Å²) in [6, 6.07) is 7.64. The Bertz CT molecular complexity index is 902. The molecule has 27 heavy (non-hydrogen) atoms. The van der Waals surface area contributed by atoms with E-state index in [9.17, 15) is 14.9 Å². The van der Waals surface area contributed by atoms with Crippen LogP contribution in [0.5, 0.6) is 17.2 Å². The number of amides is 1. The Hall–Kier alpha value is -3.00. The molecule has 2 aromatic carbocycles. The van der Waals surface area contributed by atoms with E-state index in [0.29, 0.717) is 29.7 Å². The van der Waals surface area contributed by atoms with Gasteiger partial charge in [0.2, 0.25) is 0 Å². The number of ether oxygens (including phenoxy) is 3. The number of rotatable bonds is 5. The number of carbonyl (C=O) groups is 1. The number of nitro groups is 1. The minimum absolute atomic E-state index is 0.0116. The van der Waals surface area contributed by atoms with Gasteiger partial charge in [-0.3, -0.25) is 14.9 Å². The van der Waals surface area contributed by atoms with Gasteiger partial charge >= 0.3 is 0 Å². The predicted octanol–water partition coefficient (Wildman–Crippen LogP) is 3.73. The maximum Gasteiger partial charge on any atom is 0.296 e. The predicted molar refractivity (Wildman–Crippen MR) is 99.0 cm³/mol. The lowest BCUT2D eigenvalue weighted by atomic mass is 10.2. The molecule has 9 heteroatoms. The van der Waals surface area contributed by atoms with E-state index in [1.54, 1.807) is 32.0 Å². The van der Waals surface area contributed by atoms with Crippen molar-refractivity contribution in [1.82, 2.24) is 0 Å². The number of aryl methyl sites for hydroxylation is 1. The first kappa shape index (κ1) is 18.8. The van der Waals surface area contributed by atoms with E-state index in [2.05, 4.69) is 5.32 Å². The molecule has 1 N–H and O–H groups in total. The van der Waals surface area contributed by atoms with Gasteiger partial charge in [0, 0.05) is 11.1 Å².